The van der Waals surface area contributed by atoms with Crippen molar-refractivity contribution in [3.8, 4) is 17.1 Å². The molecule has 0 atom stereocenters. The van der Waals surface area contributed by atoms with Gasteiger partial charge in [0.2, 0.25) is 5.88 Å². The van der Waals surface area contributed by atoms with Gasteiger partial charge in [0, 0.05) is 24.2 Å². The minimum Gasteiger partial charge on any atom is -0.476 e. The van der Waals surface area contributed by atoms with Gasteiger partial charge in [-0.05, 0) is 32.0 Å². The molecule has 1 N–H and O–H groups in total. The molecule has 0 amide bonds. The van der Waals surface area contributed by atoms with Crippen molar-refractivity contribution in [2.24, 2.45) is 0 Å². The number of nitrogens with one attached hydrogen (secondary N) is 1. The largest absolute Gasteiger partial charge is 0.476 e. The van der Waals surface area contributed by atoms with E-state index >= 15 is 0 Å². The van der Waals surface area contributed by atoms with Gasteiger partial charge in [-0.25, -0.2) is 4.98 Å². The van der Waals surface area contributed by atoms with E-state index in [-0.39, 0.29) is 0 Å². The zero-order valence-corrected chi connectivity index (χ0v) is 11.4. The first-order valence-corrected chi connectivity index (χ1v) is 6.64. The standard InChI is InChI=1S/C16H18N2O/c1-11-7-12(2)9-14(8-11)15-4-3-13-10-17-5-6-19-16(13)18-15/h3-4,7-9,17H,5-6,10H2,1-2H3. The fraction of sp³-hybridized carbons (Fsp3) is 0.312. The molecule has 1 aliphatic rings. The van der Waals surface area contributed by atoms with Crippen molar-refractivity contribution in [2.45, 2.75) is 20.4 Å². The number of fused-ring (bicyclic) bond motifs is 1. The van der Waals surface area contributed by atoms with E-state index in [9.17, 15) is 0 Å². The Morgan fingerprint density at radius 3 is 2.68 bits per heavy atom. The van der Waals surface area contributed by atoms with Crippen LogP contribution in [0.4, 0.5) is 0 Å². The van der Waals surface area contributed by atoms with Gasteiger partial charge >= 0.3 is 0 Å². The number of nitrogens with zero attached hydrogens (tertiary/aromatic N) is 1. The lowest BCUT2D eigenvalue weighted by molar-refractivity contribution is 0.314. The molecule has 0 fully saturated rings. The summed E-state index contributed by atoms with van der Waals surface area (Å²) in [5.41, 5.74) is 5.78. The number of aryl methyl sites for hydroxylation is 2. The SMILES string of the molecule is Cc1cc(C)cc(-c2ccc3c(n2)OCCNC3)c1. The van der Waals surface area contributed by atoms with Crippen LogP contribution in [-0.2, 0) is 6.54 Å². The fourth-order valence-corrected chi connectivity index (χ4v) is 2.46. The van der Waals surface area contributed by atoms with Gasteiger partial charge in [0.1, 0.15) is 6.61 Å². The number of hydrogen-bond donors (Lipinski definition) is 1. The Hall–Kier alpha value is -1.87. The molecule has 19 heavy (non-hydrogen) atoms. The summed E-state index contributed by atoms with van der Waals surface area (Å²) < 4.78 is 5.70. The van der Waals surface area contributed by atoms with Crippen molar-refractivity contribution < 1.29 is 4.74 Å². The lowest BCUT2D eigenvalue weighted by Gasteiger charge is -2.09. The molecule has 0 spiro atoms. The first-order valence-electron chi connectivity index (χ1n) is 6.64. The van der Waals surface area contributed by atoms with Crippen molar-refractivity contribution in [1.29, 1.82) is 0 Å². The number of hydrogen-bond acceptors (Lipinski definition) is 3. The van der Waals surface area contributed by atoms with Crippen LogP contribution >= 0.6 is 0 Å². The van der Waals surface area contributed by atoms with Crippen LogP contribution in [0.2, 0.25) is 0 Å². The Morgan fingerprint density at radius 2 is 1.89 bits per heavy atom. The summed E-state index contributed by atoms with van der Waals surface area (Å²) in [4.78, 5) is 4.66. The molecule has 2 heterocycles. The summed E-state index contributed by atoms with van der Waals surface area (Å²) in [6.07, 6.45) is 0. The molecule has 3 rings (SSSR count). The van der Waals surface area contributed by atoms with E-state index in [1.165, 1.54) is 11.1 Å². The van der Waals surface area contributed by atoms with Crippen molar-refractivity contribution in [3.63, 3.8) is 0 Å². The molecule has 98 valence electrons. The Labute approximate surface area is 113 Å². The fourth-order valence-electron chi connectivity index (χ4n) is 2.46. The van der Waals surface area contributed by atoms with E-state index in [0.29, 0.717) is 6.61 Å². The van der Waals surface area contributed by atoms with Crippen molar-refractivity contribution in [1.82, 2.24) is 10.3 Å². The Balaban J connectivity index is 2.03. The van der Waals surface area contributed by atoms with Crippen LogP contribution in [0.1, 0.15) is 16.7 Å². The van der Waals surface area contributed by atoms with Gasteiger partial charge in [0.25, 0.3) is 0 Å². The number of benzene rings is 1. The zero-order valence-electron chi connectivity index (χ0n) is 11.4. The van der Waals surface area contributed by atoms with Crippen molar-refractivity contribution in [2.75, 3.05) is 13.2 Å². The molecule has 3 heteroatoms. The Bertz CT molecular complexity index is 587. The summed E-state index contributed by atoms with van der Waals surface area (Å²) in [6, 6.07) is 10.7. The molecular formula is C16H18N2O. The topological polar surface area (TPSA) is 34.1 Å². The van der Waals surface area contributed by atoms with E-state index < -0.39 is 0 Å². The zero-order chi connectivity index (χ0) is 13.2. The molecule has 0 saturated carbocycles. The second-order valence-corrected chi connectivity index (χ2v) is 5.06. The van der Waals surface area contributed by atoms with Crippen molar-refractivity contribution >= 4 is 0 Å². The maximum atomic E-state index is 5.70. The highest BCUT2D eigenvalue weighted by Crippen LogP contribution is 2.25. The van der Waals surface area contributed by atoms with E-state index in [0.717, 1.165) is 35.8 Å². The monoisotopic (exact) mass is 254 g/mol. The Morgan fingerprint density at radius 1 is 1.11 bits per heavy atom. The van der Waals surface area contributed by atoms with Crippen LogP contribution in [-0.4, -0.2) is 18.1 Å². The average Bonchev–Trinajstić information content (AvgIpc) is 2.61. The minimum absolute atomic E-state index is 0.677. The first kappa shape index (κ1) is 12.2. The highest BCUT2D eigenvalue weighted by atomic mass is 16.5. The smallest absolute Gasteiger partial charge is 0.218 e. The highest BCUT2D eigenvalue weighted by molar-refractivity contribution is 5.62. The number of rotatable bonds is 1. The highest BCUT2D eigenvalue weighted by Gasteiger charge is 2.11. The third kappa shape index (κ3) is 2.61. The van der Waals surface area contributed by atoms with Gasteiger partial charge in [-0.3, -0.25) is 0 Å². The minimum atomic E-state index is 0.677. The summed E-state index contributed by atoms with van der Waals surface area (Å²) in [7, 11) is 0. The average molecular weight is 254 g/mol. The molecule has 1 aromatic carbocycles. The van der Waals surface area contributed by atoms with Gasteiger partial charge < -0.3 is 10.1 Å². The van der Waals surface area contributed by atoms with Gasteiger partial charge in [-0.1, -0.05) is 23.3 Å². The third-order valence-electron chi connectivity index (χ3n) is 3.29. The third-order valence-corrected chi connectivity index (χ3v) is 3.29. The molecular weight excluding hydrogens is 236 g/mol. The van der Waals surface area contributed by atoms with Gasteiger partial charge in [-0.15, -0.1) is 0 Å². The predicted octanol–water partition coefficient (Wildman–Crippen LogP) is 2.85. The quantitative estimate of drug-likeness (QED) is 0.849. The molecule has 1 aliphatic heterocycles. The van der Waals surface area contributed by atoms with Gasteiger partial charge in [0.15, 0.2) is 0 Å². The molecule has 0 unspecified atom stereocenters. The van der Waals surface area contributed by atoms with E-state index in [2.05, 4.69) is 54.5 Å². The van der Waals surface area contributed by atoms with Crippen LogP contribution < -0.4 is 10.1 Å². The number of ether oxygens (including phenoxy) is 1. The molecule has 0 radical (unpaired) electrons. The molecule has 3 nitrogen and oxygen atoms in total. The van der Waals surface area contributed by atoms with E-state index in [1.807, 2.05) is 0 Å². The summed E-state index contributed by atoms with van der Waals surface area (Å²) >= 11 is 0. The molecule has 2 aromatic rings. The van der Waals surface area contributed by atoms with Gasteiger partial charge in [0.05, 0.1) is 5.69 Å². The summed E-state index contributed by atoms with van der Waals surface area (Å²) in [5, 5.41) is 3.32. The molecule has 0 aliphatic carbocycles. The number of aromatic nitrogens is 1. The lowest BCUT2D eigenvalue weighted by Crippen LogP contribution is -2.16. The predicted molar refractivity (Wildman–Crippen MR) is 76.3 cm³/mol. The molecule has 0 bridgehead atoms. The summed E-state index contributed by atoms with van der Waals surface area (Å²) in [5.74, 6) is 0.765. The van der Waals surface area contributed by atoms with Gasteiger partial charge in [-0.2, -0.15) is 0 Å². The molecule has 0 saturated heterocycles. The van der Waals surface area contributed by atoms with E-state index in [1.54, 1.807) is 0 Å². The molecule has 1 aromatic heterocycles. The lowest BCUT2D eigenvalue weighted by atomic mass is 10.0. The summed E-state index contributed by atoms with van der Waals surface area (Å²) in [6.45, 7) is 6.60. The Kier molecular flexibility index (Phi) is 3.22. The maximum absolute atomic E-state index is 5.70. The maximum Gasteiger partial charge on any atom is 0.218 e. The normalized spacial score (nSPS) is 14.4. The van der Waals surface area contributed by atoms with Crippen LogP contribution in [0.3, 0.4) is 0 Å². The van der Waals surface area contributed by atoms with Crippen molar-refractivity contribution in [3.05, 3.63) is 47.0 Å². The second kappa shape index (κ2) is 5.02. The van der Waals surface area contributed by atoms with Crippen LogP contribution in [0.15, 0.2) is 30.3 Å². The first-order chi connectivity index (χ1) is 9.22. The second-order valence-electron chi connectivity index (χ2n) is 5.06. The van der Waals surface area contributed by atoms with Crippen LogP contribution in [0.5, 0.6) is 5.88 Å². The van der Waals surface area contributed by atoms with Crippen LogP contribution in [0.25, 0.3) is 11.3 Å². The van der Waals surface area contributed by atoms with Crippen LogP contribution in [0, 0.1) is 13.8 Å². The number of pyridine rings is 1. The van der Waals surface area contributed by atoms with E-state index in [4.69, 9.17) is 4.74 Å².